The first-order chi connectivity index (χ1) is 9.16. The van der Waals surface area contributed by atoms with Crippen LogP contribution in [0.3, 0.4) is 0 Å². The molecule has 0 aliphatic rings. The van der Waals surface area contributed by atoms with E-state index < -0.39 is 5.97 Å². The van der Waals surface area contributed by atoms with E-state index in [-0.39, 0.29) is 6.10 Å². The van der Waals surface area contributed by atoms with Crippen LogP contribution in [0.1, 0.15) is 13.3 Å². The van der Waals surface area contributed by atoms with E-state index in [1.54, 1.807) is 12.3 Å². The fourth-order valence-electron chi connectivity index (χ4n) is 1.80. The molecule has 0 saturated heterocycles. The number of fused-ring (bicyclic) bond motifs is 1. The highest BCUT2D eigenvalue weighted by Gasteiger charge is 2.06. The monoisotopic (exact) mass is 257 g/mol. The number of carboxylic acid groups (broad SMARTS) is 1. The van der Waals surface area contributed by atoms with Gasteiger partial charge in [-0.15, -0.1) is 0 Å². The van der Waals surface area contributed by atoms with E-state index in [0.717, 1.165) is 17.0 Å². The zero-order chi connectivity index (χ0) is 13.7. The summed E-state index contributed by atoms with van der Waals surface area (Å²) < 4.78 is 5.80. The molecule has 1 unspecified atom stereocenters. The molecule has 0 fully saturated rings. The minimum absolute atomic E-state index is 0.108. The van der Waals surface area contributed by atoms with Crippen molar-refractivity contribution in [2.45, 2.75) is 19.4 Å². The Hall–Kier alpha value is -2.36. The number of nitrogens with zero attached hydrogens (tertiary/aromatic N) is 1. The van der Waals surface area contributed by atoms with Gasteiger partial charge in [-0.05, 0) is 19.1 Å². The number of carbonyl (C=O) groups is 1. The first-order valence-electron chi connectivity index (χ1n) is 6.06. The second-order valence-electron chi connectivity index (χ2n) is 4.24. The lowest BCUT2D eigenvalue weighted by Crippen LogP contribution is -2.11. The molecular formula is C15H15NO3. The number of carboxylic acids is 1. The average molecular weight is 257 g/mol. The van der Waals surface area contributed by atoms with Gasteiger partial charge in [0, 0.05) is 24.1 Å². The van der Waals surface area contributed by atoms with Gasteiger partial charge in [0.1, 0.15) is 11.3 Å². The highest BCUT2D eigenvalue weighted by molar-refractivity contribution is 5.84. The van der Waals surface area contributed by atoms with Crippen molar-refractivity contribution in [2.24, 2.45) is 0 Å². The molecule has 1 atom stereocenters. The van der Waals surface area contributed by atoms with E-state index in [0.29, 0.717) is 12.2 Å². The van der Waals surface area contributed by atoms with Crippen molar-refractivity contribution in [3.05, 3.63) is 48.7 Å². The Labute approximate surface area is 111 Å². The molecule has 4 heteroatoms. The van der Waals surface area contributed by atoms with Crippen molar-refractivity contribution in [1.82, 2.24) is 4.98 Å². The summed E-state index contributed by atoms with van der Waals surface area (Å²) in [6.45, 7) is 1.90. The molecule has 0 spiro atoms. The van der Waals surface area contributed by atoms with Crippen LogP contribution in [0.4, 0.5) is 0 Å². The lowest BCUT2D eigenvalue weighted by Gasteiger charge is -2.14. The smallest absolute Gasteiger partial charge is 0.327 e. The van der Waals surface area contributed by atoms with E-state index in [4.69, 9.17) is 9.84 Å². The Morgan fingerprint density at radius 2 is 2.21 bits per heavy atom. The van der Waals surface area contributed by atoms with Gasteiger partial charge < -0.3 is 9.84 Å². The van der Waals surface area contributed by atoms with Gasteiger partial charge in [0.15, 0.2) is 0 Å². The number of para-hydroxylation sites is 1. The molecule has 2 aromatic rings. The molecule has 1 aromatic carbocycles. The number of hydrogen-bond acceptors (Lipinski definition) is 3. The summed E-state index contributed by atoms with van der Waals surface area (Å²) in [6, 6.07) is 9.62. The van der Waals surface area contributed by atoms with Crippen LogP contribution in [-0.2, 0) is 4.79 Å². The highest BCUT2D eigenvalue weighted by atomic mass is 16.5. The van der Waals surface area contributed by atoms with Crippen LogP contribution in [0, 0.1) is 0 Å². The molecule has 4 nitrogen and oxygen atoms in total. The Bertz CT molecular complexity index is 602. The number of aromatic nitrogens is 1. The standard InChI is InChI=1S/C15H15NO3/c1-11(5-2-9-14(17)18)19-13-8-3-6-12-7-4-10-16-15(12)13/h2-4,6-11H,5H2,1H3,(H,17,18)/b9-2+. The first kappa shape index (κ1) is 13.1. The van der Waals surface area contributed by atoms with Crippen LogP contribution in [0.15, 0.2) is 48.7 Å². The van der Waals surface area contributed by atoms with Gasteiger partial charge in [0.2, 0.25) is 0 Å². The molecule has 1 N–H and O–H groups in total. The maximum absolute atomic E-state index is 10.4. The second-order valence-corrected chi connectivity index (χ2v) is 4.24. The summed E-state index contributed by atoms with van der Waals surface area (Å²) in [5, 5.41) is 9.54. The fraction of sp³-hybridized carbons (Fsp3) is 0.200. The van der Waals surface area contributed by atoms with Crippen molar-refractivity contribution in [1.29, 1.82) is 0 Å². The average Bonchev–Trinajstić information content (AvgIpc) is 2.39. The summed E-state index contributed by atoms with van der Waals surface area (Å²) in [4.78, 5) is 14.7. The topological polar surface area (TPSA) is 59.4 Å². The minimum Gasteiger partial charge on any atom is -0.488 e. The Morgan fingerprint density at radius 3 is 3.00 bits per heavy atom. The van der Waals surface area contributed by atoms with Crippen molar-refractivity contribution in [3.8, 4) is 5.75 Å². The minimum atomic E-state index is -0.945. The van der Waals surface area contributed by atoms with Crippen molar-refractivity contribution >= 4 is 16.9 Å². The zero-order valence-electron chi connectivity index (χ0n) is 10.6. The molecule has 0 aliphatic heterocycles. The number of rotatable bonds is 5. The summed E-state index contributed by atoms with van der Waals surface area (Å²) in [7, 11) is 0. The van der Waals surface area contributed by atoms with Crippen LogP contribution >= 0.6 is 0 Å². The summed E-state index contributed by atoms with van der Waals surface area (Å²) in [6.07, 6.45) is 4.87. The third kappa shape index (κ3) is 3.55. The molecule has 98 valence electrons. The van der Waals surface area contributed by atoms with Gasteiger partial charge in [-0.1, -0.05) is 24.3 Å². The third-order valence-electron chi connectivity index (χ3n) is 2.65. The van der Waals surface area contributed by atoms with Gasteiger partial charge in [0.25, 0.3) is 0 Å². The van der Waals surface area contributed by atoms with E-state index in [1.807, 2.05) is 37.3 Å². The van der Waals surface area contributed by atoms with Gasteiger partial charge in [-0.2, -0.15) is 0 Å². The largest absolute Gasteiger partial charge is 0.488 e. The second kappa shape index (κ2) is 6.00. The molecule has 1 heterocycles. The summed E-state index contributed by atoms with van der Waals surface area (Å²) in [5.41, 5.74) is 0.819. The summed E-state index contributed by atoms with van der Waals surface area (Å²) in [5.74, 6) is -0.228. The molecule has 0 amide bonds. The van der Waals surface area contributed by atoms with Crippen LogP contribution in [0.2, 0.25) is 0 Å². The van der Waals surface area contributed by atoms with Gasteiger partial charge in [-0.3, -0.25) is 4.98 Å². The van der Waals surface area contributed by atoms with Crippen LogP contribution < -0.4 is 4.74 Å². The van der Waals surface area contributed by atoms with Crippen LogP contribution in [0.25, 0.3) is 10.9 Å². The first-order valence-corrected chi connectivity index (χ1v) is 6.06. The Balaban J connectivity index is 2.11. The molecule has 0 aliphatic carbocycles. The number of aliphatic carboxylic acids is 1. The maximum atomic E-state index is 10.4. The van der Waals surface area contributed by atoms with E-state index in [2.05, 4.69) is 4.98 Å². The highest BCUT2D eigenvalue weighted by Crippen LogP contribution is 2.24. The molecule has 0 bridgehead atoms. The molecule has 19 heavy (non-hydrogen) atoms. The third-order valence-corrected chi connectivity index (χ3v) is 2.65. The molecule has 0 saturated carbocycles. The molecular weight excluding hydrogens is 242 g/mol. The lowest BCUT2D eigenvalue weighted by atomic mass is 10.2. The van der Waals surface area contributed by atoms with Crippen LogP contribution in [0.5, 0.6) is 5.75 Å². The van der Waals surface area contributed by atoms with Gasteiger partial charge in [-0.25, -0.2) is 4.79 Å². The fourth-order valence-corrected chi connectivity index (χ4v) is 1.80. The zero-order valence-corrected chi connectivity index (χ0v) is 10.6. The Kier molecular flexibility index (Phi) is 4.13. The predicted molar refractivity (Wildman–Crippen MR) is 73.2 cm³/mol. The normalized spacial score (nSPS) is 12.7. The number of ether oxygens (including phenoxy) is 1. The quantitative estimate of drug-likeness (QED) is 0.836. The lowest BCUT2D eigenvalue weighted by molar-refractivity contribution is -0.131. The van der Waals surface area contributed by atoms with E-state index in [1.165, 1.54) is 0 Å². The summed E-state index contributed by atoms with van der Waals surface area (Å²) >= 11 is 0. The van der Waals surface area contributed by atoms with Gasteiger partial charge >= 0.3 is 5.97 Å². The number of hydrogen-bond donors (Lipinski definition) is 1. The predicted octanol–water partition coefficient (Wildman–Crippen LogP) is 3.03. The maximum Gasteiger partial charge on any atom is 0.327 e. The Morgan fingerprint density at radius 1 is 1.42 bits per heavy atom. The van der Waals surface area contributed by atoms with E-state index >= 15 is 0 Å². The SMILES string of the molecule is CC(C/C=C/C(=O)O)Oc1cccc2cccnc12. The number of benzene rings is 1. The van der Waals surface area contributed by atoms with Crippen molar-refractivity contribution in [3.63, 3.8) is 0 Å². The van der Waals surface area contributed by atoms with Crippen molar-refractivity contribution < 1.29 is 14.6 Å². The van der Waals surface area contributed by atoms with Gasteiger partial charge in [0.05, 0.1) is 6.10 Å². The molecule has 0 radical (unpaired) electrons. The van der Waals surface area contributed by atoms with E-state index in [9.17, 15) is 4.79 Å². The van der Waals surface area contributed by atoms with Crippen LogP contribution in [-0.4, -0.2) is 22.2 Å². The van der Waals surface area contributed by atoms with Crippen molar-refractivity contribution in [2.75, 3.05) is 0 Å². The number of pyridine rings is 1. The molecule has 1 aromatic heterocycles. The molecule has 2 rings (SSSR count).